The van der Waals surface area contributed by atoms with Gasteiger partial charge in [-0.3, -0.25) is 5.43 Å². The van der Waals surface area contributed by atoms with E-state index in [0.717, 1.165) is 21.7 Å². The lowest BCUT2D eigenvalue weighted by Crippen LogP contribution is -2.09. The Labute approximate surface area is 111 Å². The van der Waals surface area contributed by atoms with Crippen LogP contribution in [0, 0.1) is 0 Å². The minimum Gasteiger partial charge on any atom is -0.290 e. The third-order valence-electron chi connectivity index (χ3n) is 2.46. The molecule has 0 bridgehead atoms. The van der Waals surface area contributed by atoms with Crippen LogP contribution in [0.3, 0.4) is 0 Å². The number of halogens is 2. The van der Waals surface area contributed by atoms with Gasteiger partial charge in [0.2, 0.25) is 0 Å². The summed E-state index contributed by atoms with van der Waals surface area (Å²) in [6.45, 7) is 0. The predicted molar refractivity (Wildman–Crippen MR) is 72.9 cm³/mol. The van der Waals surface area contributed by atoms with E-state index >= 15 is 0 Å². The molecule has 0 aliphatic heterocycles. The number of hydrazine groups is 1. The van der Waals surface area contributed by atoms with Crippen LogP contribution in [0.15, 0.2) is 54.6 Å². The van der Waals surface area contributed by atoms with Crippen LogP contribution in [0.25, 0.3) is 0 Å². The number of hydrogen-bond acceptors (Lipinski definition) is 2. The molecule has 0 unspecified atom stereocenters. The van der Waals surface area contributed by atoms with E-state index in [1.54, 1.807) is 0 Å². The second-order valence-electron chi connectivity index (χ2n) is 3.66. The van der Waals surface area contributed by atoms with Crippen molar-refractivity contribution in [2.75, 3.05) is 5.43 Å². The van der Waals surface area contributed by atoms with Gasteiger partial charge in [-0.05, 0) is 27.7 Å². The fraction of sp³-hybridized carbons (Fsp3) is 0.0769. The van der Waals surface area contributed by atoms with E-state index in [9.17, 15) is 0 Å². The lowest BCUT2D eigenvalue weighted by atomic mass is 10.0. The molecule has 88 valence electrons. The van der Waals surface area contributed by atoms with Crippen molar-refractivity contribution >= 4 is 29.2 Å². The molecule has 0 atom stereocenters. The third-order valence-corrected chi connectivity index (χ3v) is 2.63. The predicted octanol–water partition coefficient (Wildman–Crippen LogP) is 4.21. The molecule has 0 aliphatic carbocycles. The maximum absolute atomic E-state index is 5.57. The van der Waals surface area contributed by atoms with Crippen molar-refractivity contribution in [2.24, 2.45) is 0 Å². The number of benzene rings is 2. The summed E-state index contributed by atoms with van der Waals surface area (Å²) in [5.74, 6) is 0. The number of rotatable bonds is 4. The van der Waals surface area contributed by atoms with Crippen molar-refractivity contribution in [2.45, 2.75) is 6.42 Å². The Kier molecular flexibility index (Phi) is 4.26. The summed E-state index contributed by atoms with van der Waals surface area (Å²) in [5, 5.41) is 0. The number of nitrogens with one attached hydrogen (secondary N) is 1. The van der Waals surface area contributed by atoms with E-state index in [4.69, 9.17) is 23.6 Å². The summed E-state index contributed by atoms with van der Waals surface area (Å²) in [6.07, 6.45) is 0.839. The van der Waals surface area contributed by atoms with Crippen molar-refractivity contribution in [1.82, 2.24) is 4.05 Å². The van der Waals surface area contributed by atoms with Gasteiger partial charge in [0.15, 0.2) is 0 Å². The van der Waals surface area contributed by atoms with Gasteiger partial charge in [0.1, 0.15) is 0 Å². The summed E-state index contributed by atoms with van der Waals surface area (Å²) < 4.78 is 0.907. The normalized spacial score (nSPS) is 10.5. The Bertz CT molecular complexity index is 472. The molecule has 2 aromatic rings. The Morgan fingerprint density at radius 2 is 1.53 bits per heavy atom. The van der Waals surface area contributed by atoms with Gasteiger partial charge in [-0.2, -0.15) is 0 Å². The summed E-state index contributed by atoms with van der Waals surface area (Å²) in [5.41, 5.74) is 6.15. The summed E-state index contributed by atoms with van der Waals surface area (Å²) in [4.78, 5) is 0. The lowest BCUT2D eigenvalue weighted by Gasteiger charge is -2.13. The van der Waals surface area contributed by atoms with Crippen LogP contribution in [0.4, 0.5) is 5.69 Å². The fourth-order valence-electron chi connectivity index (χ4n) is 1.69. The van der Waals surface area contributed by atoms with Crippen LogP contribution in [-0.4, -0.2) is 4.05 Å². The summed E-state index contributed by atoms with van der Waals surface area (Å²) >= 11 is 11.1. The minimum absolute atomic E-state index is 0.839. The zero-order valence-corrected chi connectivity index (χ0v) is 10.6. The van der Waals surface area contributed by atoms with Crippen LogP contribution in [0.5, 0.6) is 0 Å². The molecule has 2 nitrogen and oxygen atoms in total. The van der Waals surface area contributed by atoms with Crippen LogP contribution in [-0.2, 0) is 6.42 Å². The second kappa shape index (κ2) is 5.92. The molecule has 0 fully saturated rings. The zero-order chi connectivity index (χ0) is 12.1. The highest BCUT2D eigenvalue weighted by molar-refractivity contribution is 6.34. The molecule has 1 N–H and O–H groups in total. The Morgan fingerprint density at radius 1 is 0.882 bits per heavy atom. The molecule has 0 aromatic heterocycles. The first kappa shape index (κ1) is 12.2. The molecule has 2 aromatic carbocycles. The monoisotopic (exact) mass is 266 g/mol. The topological polar surface area (TPSA) is 15.3 Å². The smallest absolute Gasteiger partial charge is 0.0551 e. The van der Waals surface area contributed by atoms with E-state index < -0.39 is 0 Å². The van der Waals surface area contributed by atoms with Crippen molar-refractivity contribution in [3.63, 3.8) is 0 Å². The number of anilines is 1. The molecular formula is C13H12Cl2N2. The largest absolute Gasteiger partial charge is 0.290 e. The molecule has 0 amide bonds. The van der Waals surface area contributed by atoms with Crippen LogP contribution >= 0.6 is 23.6 Å². The highest BCUT2D eigenvalue weighted by atomic mass is 35.5. The fourth-order valence-corrected chi connectivity index (χ4v) is 1.87. The molecule has 0 radical (unpaired) electrons. The van der Waals surface area contributed by atoms with Gasteiger partial charge in [0.05, 0.1) is 5.69 Å². The Morgan fingerprint density at radius 3 is 2.24 bits per heavy atom. The number of nitrogens with zero attached hydrogens (tertiary/aromatic N) is 1. The molecule has 2 rings (SSSR count). The van der Waals surface area contributed by atoms with E-state index in [1.807, 2.05) is 42.5 Å². The van der Waals surface area contributed by atoms with Crippen LogP contribution in [0.2, 0.25) is 0 Å². The first-order chi connectivity index (χ1) is 8.25. The standard InChI is InChI=1S/C13H12Cl2N2/c14-17(15)16-13-9-5-4-8-12(13)10-11-6-2-1-3-7-11/h1-9,16H,10H2. The molecular weight excluding hydrogens is 255 g/mol. The van der Waals surface area contributed by atoms with E-state index in [-0.39, 0.29) is 0 Å². The SMILES string of the molecule is ClN(Cl)Nc1ccccc1Cc1ccccc1. The molecule has 0 aliphatic rings. The van der Waals surface area contributed by atoms with Gasteiger partial charge in [-0.1, -0.05) is 48.5 Å². The van der Waals surface area contributed by atoms with Crippen molar-refractivity contribution in [3.05, 3.63) is 65.7 Å². The zero-order valence-electron chi connectivity index (χ0n) is 9.11. The van der Waals surface area contributed by atoms with Gasteiger partial charge >= 0.3 is 0 Å². The quantitative estimate of drug-likeness (QED) is 0.659. The van der Waals surface area contributed by atoms with Gasteiger partial charge in [0, 0.05) is 23.6 Å². The lowest BCUT2D eigenvalue weighted by molar-refractivity contribution is 0.861. The maximum atomic E-state index is 5.57. The second-order valence-corrected chi connectivity index (χ2v) is 4.51. The average molecular weight is 267 g/mol. The molecule has 0 saturated carbocycles. The third kappa shape index (κ3) is 3.63. The van der Waals surface area contributed by atoms with E-state index in [1.165, 1.54) is 5.56 Å². The first-order valence-corrected chi connectivity index (χ1v) is 5.93. The Balaban J connectivity index is 2.20. The van der Waals surface area contributed by atoms with Gasteiger partial charge < -0.3 is 0 Å². The van der Waals surface area contributed by atoms with Gasteiger partial charge in [0.25, 0.3) is 0 Å². The van der Waals surface area contributed by atoms with Gasteiger partial charge in [-0.15, -0.1) is 0 Å². The van der Waals surface area contributed by atoms with Crippen LogP contribution in [0.1, 0.15) is 11.1 Å². The molecule has 4 heteroatoms. The molecule has 0 spiro atoms. The Hall–Kier alpha value is -1.22. The maximum Gasteiger partial charge on any atom is 0.0551 e. The van der Waals surface area contributed by atoms with E-state index in [2.05, 4.69) is 17.6 Å². The number of hydrogen-bond donors (Lipinski definition) is 1. The average Bonchev–Trinajstić information content (AvgIpc) is 2.32. The molecule has 0 saturated heterocycles. The minimum atomic E-state index is 0.839. The van der Waals surface area contributed by atoms with Crippen molar-refractivity contribution < 1.29 is 0 Å². The summed E-state index contributed by atoms with van der Waals surface area (Å²) in [7, 11) is 0. The highest BCUT2D eigenvalue weighted by Gasteiger charge is 2.04. The van der Waals surface area contributed by atoms with Gasteiger partial charge in [-0.25, -0.2) is 0 Å². The van der Waals surface area contributed by atoms with Crippen molar-refractivity contribution in [3.8, 4) is 0 Å². The van der Waals surface area contributed by atoms with Crippen LogP contribution < -0.4 is 5.43 Å². The number of para-hydroxylation sites is 1. The molecule has 0 heterocycles. The first-order valence-electron chi connectivity index (χ1n) is 5.26. The van der Waals surface area contributed by atoms with Crippen molar-refractivity contribution in [1.29, 1.82) is 0 Å². The molecule has 17 heavy (non-hydrogen) atoms. The van der Waals surface area contributed by atoms with E-state index in [0.29, 0.717) is 0 Å². The highest BCUT2D eigenvalue weighted by Crippen LogP contribution is 2.20. The summed E-state index contributed by atoms with van der Waals surface area (Å²) in [6, 6.07) is 18.2.